The first-order valence-electron chi connectivity index (χ1n) is 5.61. The molecule has 0 spiro atoms. The molecule has 1 N–H and O–H groups in total. The molecule has 96 valence electrons. The molecule has 0 aliphatic rings. The van der Waals surface area contributed by atoms with Crippen molar-refractivity contribution in [1.29, 1.82) is 0 Å². The van der Waals surface area contributed by atoms with Crippen LogP contribution < -0.4 is 10.2 Å². The van der Waals surface area contributed by atoms with Crippen molar-refractivity contribution in [3.8, 4) is 0 Å². The van der Waals surface area contributed by atoms with Crippen molar-refractivity contribution in [2.75, 3.05) is 30.4 Å². The quantitative estimate of drug-likeness (QED) is 0.833. The lowest BCUT2D eigenvalue weighted by Gasteiger charge is -2.20. The van der Waals surface area contributed by atoms with Gasteiger partial charge in [0.25, 0.3) is 6.43 Å². The summed E-state index contributed by atoms with van der Waals surface area (Å²) in [5.74, 6) is 1.25. The highest BCUT2D eigenvalue weighted by Gasteiger charge is 2.14. The van der Waals surface area contributed by atoms with Gasteiger partial charge in [0.2, 0.25) is 0 Å². The average Bonchev–Trinajstić information content (AvgIpc) is 2.26. The minimum Gasteiger partial charge on any atom is -0.370 e. The molecule has 0 saturated heterocycles. The molecule has 0 atom stereocenters. The molecule has 0 aromatic carbocycles. The summed E-state index contributed by atoms with van der Waals surface area (Å²) in [5.41, 5.74) is 0.795. The Balaban J connectivity index is 2.85. The highest BCUT2D eigenvalue weighted by atomic mass is 19.3. The third kappa shape index (κ3) is 3.80. The predicted octanol–water partition coefficient (Wildman–Crippen LogP) is 2.31. The zero-order valence-corrected chi connectivity index (χ0v) is 10.4. The van der Waals surface area contributed by atoms with E-state index in [9.17, 15) is 8.78 Å². The van der Waals surface area contributed by atoms with Crippen molar-refractivity contribution < 1.29 is 8.78 Å². The summed E-state index contributed by atoms with van der Waals surface area (Å²) in [6, 6.07) is 0. The zero-order chi connectivity index (χ0) is 12.8. The van der Waals surface area contributed by atoms with E-state index in [1.807, 2.05) is 13.8 Å². The molecule has 0 radical (unpaired) electrons. The monoisotopic (exact) mass is 244 g/mol. The Bertz CT molecular complexity index is 357. The highest BCUT2D eigenvalue weighted by molar-refractivity contribution is 5.57. The van der Waals surface area contributed by atoms with E-state index < -0.39 is 6.43 Å². The molecule has 0 unspecified atom stereocenters. The van der Waals surface area contributed by atoms with Gasteiger partial charge in [-0.15, -0.1) is 0 Å². The van der Waals surface area contributed by atoms with Crippen molar-refractivity contribution >= 4 is 11.6 Å². The maximum Gasteiger partial charge on any atom is 0.255 e. The van der Waals surface area contributed by atoms with Crippen molar-refractivity contribution in [2.24, 2.45) is 0 Å². The van der Waals surface area contributed by atoms with Gasteiger partial charge in [-0.05, 0) is 13.3 Å². The Morgan fingerprint density at radius 3 is 2.71 bits per heavy atom. The Kier molecular flexibility index (Phi) is 5.06. The maximum absolute atomic E-state index is 12.3. The predicted molar refractivity (Wildman–Crippen MR) is 64.8 cm³/mol. The van der Waals surface area contributed by atoms with Crippen LogP contribution in [0.25, 0.3) is 0 Å². The second-order valence-corrected chi connectivity index (χ2v) is 3.87. The first-order chi connectivity index (χ1) is 8.06. The first-order valence-corrected chi connectivity index (χ1v) is 5.61. The molecule has 0 amide bonds. The summed E-state index contributed by atoms with van der Waals surface area (Å²) < 4.78 is 24.6. The van der Waals surface area contributed by atoms with E-state index in [2.05, 4.69) is 15.3 Å². The van der Waals surface area contributed by atoms with Gasteiger partial charge in [-0.3, -0.25) is 0 Å². The first kappa shape index (κ1) is 13.6. The summed E-state index contributed by atoms with van der Waals surface area (Å²) in [6.45, 7) is 4.35. The Morgan fingerprint density at radius 1 is 1.41 bits per heavy atom. The van der Waals surface area contributed by atoms with Gasteiger partial charge in [-0.1, -0.05) is 6.92 Å². The molecule has 6 heteroatoms. The number of aromatic nitrogens is 2. The number of anilines is 2. The van der Waals surface area contributed by atoms with Crippen LogP contribution in [0, 0.1) is 6.92 Å². The summed E-state index contributed by atoms with van der Waals surface area (Å²) in [7, 11) is 1.60. The van der Waals surface area contributed by atoms with Crippen LogP contribution in [0.2, 0.25) is 0 Å². The fourth-order valence-corrected chi connectivity index (χ4v) is 1.54. The van der Waals surface area contributed by atoms with Crippen molar-refractivity contribution in [3.05, 3.63) is 11.9 Å². The third-order valence-electron chi connectivity index (χ3n) is 2.37. The van der Waals surface area contributed by atoms with Crippen molar-refractivity contribution in [3.63, 3.8) is 0 Å². The van der Waals surface area contributed by atoms with Crippen molar-refractivity contribution in [2.45, 2.75) is 26.7 Å². The molecular formula is C11H18F2N4. The number of hydrogen-bond donors (Lipinski definition) is 1. The molecule has 1 aromatic heterocycles. The van der Waals surface area contributed by atoms with Crippen LogP contribution in [0.1, 0.15) is 18.9 Å². The molecule has 1 heterocycles. The molecule has 0 aliphatic heterocycles. The number of halogens is 2. The van der Waals surface area contributed by atoms with E-state index in [-0.39, 0.29) is 6.54 Å². The SMILES string of the molecule is CCCNc1ncnc(N(C)CC(F)F)c1C. The topological polar surface area (TPSA) is 41.1 Å². The third-order valence-corrected chi connectivity index (χ3v) is 2.37. The van der Waals surface area contributed by atoms with Crippen LogP contribution in [0.4, 0.5) is 20.4 Å². The van der Waals surface area contributed by atoms with Crippen LogP contribution in [-0.4, -0.2) is 36.5 Å². The van der Waals surface area contributed by atoms with E-state index in [0.29, 0.717) is 11.6 Å². The standard InChI is InChI=1S/C11H18F2N4/c1-4-5-14-10-8(2)11(16-7-15-10)17(3)6-9(12)13/h7,9H,4-6H2,1-3H3,(H,14,15,16). The van der Waals surface area contributed by atoms with Crippen LogP contribution in [0.15, 0.2) is 6.33 Å². The number of hydrogen-bond acceptors (Lipinski definition) is 4. The Hall–Kier alpha value is -1.46. The van der Waals surface area contributed by atoms with Gasteiger partial charge in [0.1, 0.15) is 18.0 Å². The van der Waals surface area contributed by atoms with Gasteiger partial charge in [0, 0.05) is 19.2 Å². The minimum absolute atomic E-state index is 0.328. The Labute approximate surface area is 100 Å². The zero-order valence-electron chi connectivity index (χ0n) is 10.4. The van der Waals surface area contributed by atoms with Crippen LogP contribution >= 0.6 is 0 Å². The van der Waals surface area contributed by atoms with Crippen LogP contribution in [0.5, 0.6) is 0 Å². The smallest absolute Gasteiger partial charge is 0.255 e. The molecule has 1 aromatic rings. The number of alkyl halides is 2. The van der Waals surface area contributed by atoms with Gasteiger partial charge in [0.05, 0.1) is 6.54 Å². The second kappa shape index (κ2) is 6.32. The number of rotatable bonds is 6. The van der Waals surface area contributed by atoms with Crippen molar-refractivity contribution in [1.82, 2.24) is 9.97 Å². The van der Waals surface area contributed by atoms with Gasteiger partial charge in [-0.2, -0.15) is 0 Å². The van der Waals surface area contributed by atoms with Gasteiger partial charge in [-0.25, -0.2) is 18.7 Å². The Morgan fingerprint density at radius 2 is 2.12 bits per heavy atom. The second-order valence-electron chi connectivity index (χ2n) is 3.87. The summed E-state index contributed by atoms with van der Waals surface area (Å²) in [5, 5.41) is 3.15. The molecule has 0 fully saturated rings. The van der Waals surface area contributed by atoms with Gasteiger partial charge in [0.15, 0.2) is 0 Å². The molecule has 0 saturated carbocycles. The lowest BCUT2D eigenvalue weighted by atomic mass is 10.3. The average molecular weight is 244 g/mol. The summed E-state index contributed by atoms with van der Waals surface area (Å²) >= 11 is 0. The number of nitrogens with one attached hydrogen (secondary N) is 1. The molecule has 4 nitrogen and oxygen atoms in total. The normalized spacial score (nSPS) is 10.7. The van der Waals surface area contributed by atoms with E-state index in [0.717, 1.165) is 18.5 Å². The van der Waals surface area contributed by atoms with Crippen LogP contribution in [-0.2, 0) is 0 Å². The fraction of sp³-hybridized carbons (Fsp3) is 0.636. The minimum atomic E-state index is -2.37. The lowest BCUT2D eigenvalue weighted by Crippen LogP contribution is -2.26. The van der Waals surface area contributed by atoms with Crippen LogP contribution in [0.3, 0.4) is 0 Å². The van der Waals surface area contributed by atoms with E-state index in [1.165, 1.54) is 11.2 Å². The van der Waals surface area contributed by atoms with E-state index in [4.69, 9.17) is 0 Å². The molecule has 0 aliphatic carbocycles. The molecule has 1 rings (SSSR count). The van der Waals surface area contributed by atoms with Gasteiger partial charge < -0.3 is 10.2 Å². The molecule has 0 bridgehead atoms. The number of nitrogens with zero attached hydrogens (tertiary/aromatic N) is 3. The summed E-state index contributed by atoms with van der Waals surface area (Å²) in [4.78, 5) is 9.59. The van der Waals surface area contributed by atoms with Gasteiger partial charge >= 0.3 is 0 Å². The maximum atomic E-state index is 12.3. The highest BCUT2D eigenvalue weighted by Crippen LogP contribution is 2.21. The van der Waals surface area contributed by atoms with E-state index in [1.54, 1.807) is 7.05 Å². The largest absolute Gasteiger partial charge is 0.370 e. The fourth-order valence-electron chi connectivity index (χ4n) is 1.54. The van der Waals surface area contributed by atoms with E-state index >= 15 is 0 Å². The summed E-state index contributed by atoms with van der Waals surface area (Å²) in [6.07, 6.45) is -0.00469. The molecular weight excluding hydrogens is 226 g/mol. The molecule has 17 heavy (non-hydrogen) atoms. The lowest BCUT2D eigenvalue weighted by molar-refractivity contribution is 0.156.